The number of benzene rings is 1. The summed E-state index contributed by atoms with van der Waals surface area (Å²) in [6, 6.07) is 3.67. The molecule has 0 radical (unpaired) electrons. The maximum atomic E-state index is 12.1. The molecule has 0 spiro atoms. The second-order valence-corrected chi connectivity index (χ2v) is 7.42. The Labute approximate surface area is 125 Å². The molecular weight excluding hydrogens is 314 g/mol. The zero-order valence-corrected chi connectivity index (χ0v) is 12.9. The van der Waals surface area contributed by atoms with Gasteiger partial charge in [0.2, 0.25) is 0 Å². The average molecular weight is 327 g/mol. The van der Waals surface area contributed by atoms with Gasteiger partial charge >= 0.3 is 0 Å². The van der Waals surface area contributed by atoms with Crippen molar-refractivity contribution < 1.29 is 18.3 Å². The number of aromatic hydroxyl groups is 1. The van der Waals surface area contributed by atoms with E-state index in [4.69, 9.17) is 5.73 Å². The minimum Gasteiger partial charge on any atom is -0.506 e. The number of hydrogen-bond acceptors (Lipinski definition) is 7. The van der Waals surface area contributed by atoms with Gasteiger partial charge in [0.15, 0.2) is 15.0 Å². The van der Waals surface area contributed by atoms with Crippen molar-refractivity contribution in [2.75, 3.05) is 17.3 Å². The van der Waals surface area contributed by atoms with Crippen molar-refractivity contribution >= 4 is 37.9 Å². The largest absolute Gasteiger partial charge is 0.506 e. The third-order valence-electron chi connectivity index (χ3n) is 2.66. The molecule has 21 heavy (non-hydrogen) atoms. The van der Waals surface area contributed by atoms with Crippen LogP contribution in [-0.4, -0.2) is 30.7 Å². The molecule has 0 bridgehead atoms. The number of phenols is 1. The van der Waals surface area contributed by atoms with Crippen molar-refractivity contribution in [1.82, 2.24) is 4.98 Å². The van der Waals surface area contributed by atoms with Crippen molar-refractivity contribution in [3.8, 4) is 5.75 Å². The van der Waals surface area contributed by atoms with E-state index in [-0.39, 0.29) is 21.5 Å². The van der Waals surface area contributed by atoms with E-state index in [0.717, 1.165) is 17.6 Å². The van der Waals surface area contributed by atoms with Gasteiger partial charge in [-0.25, -0.2) is 13.4 Å². The molecule has 4 N–H and O–H groups in total. The molecule has 0 aliphatic heterocycles. The monoisotopic (exact) mass is 327 g/mol. The number of nitrogens with zero attached hydrogens (tertiary/aromatic N) is 1. The molecule has 1 aromatic carbocycles. The van der Waals surface area contributed by atoms with E-state index in [1.807, 2.05) is 0 Å². The van der Waals surface area contributed by atoms with Crippen LogP contribution < -0.4 is 11.1 Å². The summed E-state index contributed by atoms with van der Waals surface area (Å²) < 4.78 is 23.0. The van der Waals surface area contributed by atoms with E-state index in [1.54, 1.807) is 6.92 Å². The highest BCUT2D eigenvalue weighted by atomic mass is 32.2. The molecule has 7 nitrogen and oxygen atoms in total. The first-order valence-electron chi connectivity index (χ1n) is 5.76. The van der Waals surface area contributed by atoms with Crippen LogP contribution in [0.2, 0.25) is 0 Å². The Morgan fingerprint density at radius 3 is 2.62 bits per heavy atom. The predicted octanol–water partition coefficient (Wildman–Crippen LogP) is 1.40. The van der Waals surface area contributed by atoms with Crippen molar-refractivity contribution in [3.05, 3.63) is 28.8 Å². The Morgan fingerprint density at radius 2 is 2.10 bits per heavy atom. The molecule has 9 heteroatoms. The lowest BCUT2D eigenvalue weighted by Crippen LogP contribution is -2.12. The molecule has 1 heterocycles. The van der Waals surface area contributed by atoms with E-state index in [9.17, 15) is 18.3 Å². The van der Waals surface area contributed by atoms with Crippen LogP contribution in [0, 0.1) is 6.92 Å². The van der Waals surface area contributed by atoms with Gasteiger partial charge in [0.1, 0.15) is 10.6 Å². The molecule has 2 aromatic rings. The van der Waals surface area contributed by atoms with Crippen LogP contribution in [0.1, 0.15) is 15.4 Å². The van der Waals surface area contributed by atoms with Crippen molar-refractivity contribution in [2.24, 2.45) is 0 Å². The maximum Gasteiger partial charge on any atom is 0.267 e. The van der Waals surface area contributed by atoms with Crippen molar-refractivity contribution in [3.63, 3.8) is 0 Å². The maximum absolute atomic E-state index is 12.1. The number of phenolic OH excluding ortho intramolecular Hbond substituents is 1. The van der Waals surface area contributed by atoms with Gasteiger partial charge in [-0.15, -0.1) is 0 Å². The number of nitrogens with two attached hydrogens (primary N) is 1. The van der Waals surface area contributed by atoms with Crippen LogP contribution in [0.4, 0.5) is 10.8 Å². The normalized spacial score (nSPS) is 11.3. The quantitative estimate of drug-likeness (QED) is 0.732. The highest BCUT2D eigenvalue weighted by Crippen LogP contribution is 2.28. The Bertz CT molecular complexity index is 812. The van der Waals surface area contributed by atoms with Crippen molar-refractivity contribution in [2.45, 2.75) is 11.8 Å². The summed E-state index contributed by atoms with van der Waals surface area (Å²) in [5, 5.41) is 12.4. The van der Waals surface area contributed by atoms with Crippen LogP contribution in [0.15, 0.2) is 23.1 Å². The number of nitrogens with one attached hydrogen (secondary N) is 1. The fourth-order valence-electron chi connectivity index (χ4n) is 1.65. The lowest BCUT2D eigenvalue weighted by Gasteiger charge is -2.08. The first-order valence-corrected chi connectivity index (χ1v) is 8.46. The highest BCUT2D eigenvalue weighted by Gasteiger charge is 2.17. The summed E-state index contributed by atoms with van der Waals surface area (Å²) in [6.07, 6.45) is 1.04. The van der Waals surface area contributed by atoms with Gasteiger partial charge in [0.05, 0.1) is 16.3 Å². The summed E-state index contributed by atoms with van der Waals surface area (Å²) in [4.78, 5) is 16.3. The SMILES string of the molecule is Cc1nc(N)sc1C(=O)Nc1cc(S(C)(=O)=O)ccc1O. The molecule has 112 valence electrons. The standard InChI is InChI=1S/C12H13N3O4S2/c1-6-10(20-12(13)14-6)11(17)15-8-5-7(21(2,18)19)3-4-9(8)16/h3-5,16H,1-2H3,(H2,13,14)(H,15,17). The highest BCUT2D eigenvalue weighted by molar-refractivity contribution is 7.90. The topological polar surface area (TPSA) is 122 Å². The van der Waals surface area contributed by atoms with E-state index in [1.165, 1.54) is 18.2 Å². The predicted molar refractivity (Wildman–Crippen MR) is 80.4 cm³/mol. The zero-order valence-electron chi connectivity index (χ0n) is 11.2. The van der Waals surface area contributed by atoms with Gasteiger partial charge in [-0.05, 0) is 25.1 Å². The molecule has 0 atom stereocenters. The number of aromatic nitrogens is 1. The Kier molecular flexibility index (Phi) is 3.88. The third-order valence-corrected chi connectivity index (χ3v) is 4.76. The number of anilines is 2. The summed E-state index contributed by atoms with van der Waals surface area (Å²) in [5.74, 6) is -0.742. The van der Waals surface area contributed by atoms with E-state index in [0.29, 0.717) is 10.6 Å². The number of aryl methyl sites for hydroxylation is 1. The summed E-state index contributed by atoms with van der Waals surface area (Å²) in [7, 11) is -3.44. The minimum absolute atomic E-state index is 0.00357. The van der Waals surface area contributed by atoms with E-state index in [2.05, 4.69) is 10.3 Å². The number of rotatable bonds is 3. The van der Waals surface area contributed by atoms with Crippen LogP contribution in [0.5, 0.6) is 5.75 Å². The zero-order chi connectivity index (χ0) is 15.8. The van der Waals surface area contributed by atoms with Crippen LogP contribution in [-0.2, 0) is 9.84 Å². The number of carbonyl (C=O) groups is 1. The summed E-state index contributed by atoms with van der Waals surface area (Å²) >= 11 is 1.01. The van der Waals surface area contributed by atoms with Crippen LogP contribution in [0.3, 0.4) is 0 Å². The van der Waals surface area contributed by atoms with Gasteiger partial charge in [-0.1, -0.05) is 11.3 Å². The number of carbonyl (C=O) groups excluding carboxylic acids is 1. The molecule has 1 amide bonds. The fourth-order valence-corrected chi connectivity index (χ4v) is 3.03. The number of nitrogen functional groups attached to an aromatic ring is 1. The Morgan fingerprint density at radius 1 is 1.43 bits per heavy atom. The molecule has 0 fully saturated rings. The van der Waals surface area contributed by atoms with Gasteiger partial charge in [0, 0.05) is 6.26 Å². The molecule has 0 saturated heterocycles. The lowest BCUT2D eigenvalue weighted by molar-refractivity contribution is 0.102. The number of amides is 1. The van der Waals surface area contributed by atoms with Gasteiger partial charge < -0.3 is 16.2 Å². The summed E-state index contributed by atoms with van der Waals surface area (Å²) in [6.45, 7) is 1.63. The van der Waals surface area contributed by atoms with E-state index >= 15 is 0 Å². The lowest BCUT2D eigenvalue weighted by atomic mass is 10.3. The molecular formula is C12H13N3O4S2. The first-order chi connectivity index (χ1) is 9.68. The minimum atomic E-state index is -3.44. The van der Waals surface area contributed by atoms with Crippen LogP contribution in [0.25, 0.3) is 0 Å². The smallest absolute Gasteiger partial charge is 0.267 e. The van der Waals surface area contributed by atoms with E-state index < -0.39 is 15.7 Å². The average Bonchev–Trinajstić information content (AvgIpc) is 2.70. The number of hydrogen-bond donors (Lipinski definition) is 3. The molecule has 0 aliphatic carbocycles. The molecule has 1 aromatic heterocycles. The number of thiazole rings is 1. The molecule has 0 saturated carbocycles. The van der Waals surface area contributed by atoms with Gasteiger partial charge in [0.25, 0.3) is 5.91 Å². The summed E-state index contributed by atoms with van der Waals surface area (Å²) in [5.41, 5.74) is 6.00. The van der Waals surface area contributed by atoms with Gasteiger partial charge in [-0.3, -0.25) is 4.79 Å². The number of sulfone groups is 1. The molecule has 0 aliphatic rings. The van der Waals surface area contributed by atoms with Crippen molar-refractivity contribution in [1.29, 1.82) is 0 Å². The van der Waals surface area contributed by atoms with Crippen LogP contribution >= 0.6 is 11.3 Å². The fraction of sp³-hybridized carbons (Fsp3) is 0.167. The van der Waals surface area contributed by atoms with Gasteiger partial charge in [-0.2, -0.15) is 0 Å². The molecule has 2 rings (SSSR count). The Hall–Kier alpha value is -2.13. The second-order valence-electron chi connectivity index (χ2n) is 4.37. The third kappa shape index (κ3) is 3.31. The second kappa shape index (κ2) is 5.34. The first kappa shape index (κ1) is 15.3. The Balaban J connectivity index is 2.35. The molecule has 0 unspecified atom stereocenters.